The molecule has 0 atom stereocenters. The van der Waals surface area contributed by atoms with Gasteiger partial charge in [0.2, 0.25) is 0 Å². The van der Waals surface area contributed by atoms with Gasteiger partial charge in [-0.25, -0.2) is 9.97 Å². The molecular weight excluding hydrogens is 985 g/mol. The highest BCUT2D eigenvalue weighted by Gasteiger charge is 2.32. The topological polar surface area (TPSA) is 126 Å². The standard InChI is InChI=1S/C72H38N4O4/c77-69-49-13-5-1-9-41(49)45-21-17-37(33-53(45)69)65-57-25-27-59(73-57)66(38-18-22-46-42-10-2-6-14-50(42)70(78)54(46)34-38)61-29-31-63(75-61)68(40-20-24-48-44-12-4-8-16-52(44)72(80)56(48)36-40)64-32-30-62(76-64)67(60-28-26-58(65)74-60)39-19-23-47-43-11-3-7-15-51(43)71(79)55(47)35-39/h1-36,73,76H. The lowest BCUT2D eigenvalue weighted by molar-refractivity contribution is 0.103. The molecule has 370 valence electrons. The van der Waals surface area contributed by atoms with E-state index in [9.17, 15) is 19.2 Å². The number of nitrogens with one attached hydrogen (secondary N) is 2. The van der Waals surface area contributed by atoms with E-state index in [2.05, 4.69) is 34.2 Å². The first-order chi connectivity index (χ1) is 39.3. The first-order valence-electron chi connectivity index (χ1n) is 26.6. The molecular formula is C72H38N4O4. The number of fused-ring (bicyclic) bond motifs is 20. The van der Waals surface area contributed by atoms with Crippen LogP contribution in [0.2, 0.25) is 0 Å². The maximum Gasteiger partial charge on any atom is 0.194 e. The molecule has 8 nitrogen and oxygen atoms in total. The van der Waals surface area contributed by atoms with Crippen molar-refractivity contribution in [3.05, 3.63) is 261 Å². The zero-order valence-corrected chi connectivity index (χ0v) is 42.3. The first kappa shape index (κ1) is 44.2. The number of aromatic amines is 2. The maximum atomic E-state index is 14.2. The number of ketones is 4. The quantitative estimate of drug-likeness (QED) is 0.181. The summed E-state index contributed by atoms with van der Waals surface area (Å²) >= 11 is 0. The Bertz CT molecular complexity index is 4420. The van der Waals surface area contributed by atoms with Crippen molar-refractivity contribution in [3.63, 3.8) is 0 Å². The van der Waals surface area contributed by atoms with Crippen molar-refractivity contribution in [1.82, 2.24) is 19.9 Å². The van der Waals surface area contributed by atoms with Crippen LogP contribution in [0.1, 0.15) is 86.5 Å². The zero-order chi connectivity index (χ0) is 53.1. The minimum atomic E-state index is -0.0316. The van der Waals surface area contributed by atoms with E-state index in [0.29, 0.717) is 67.3 Å². The number of H-pyrrole nitrogens is 2. The van der Waals surface area contributed by atoms with E-state index in [4.69, 9.17) is 9.97 Å². The van der Waals surface area contributed by atoms with E-state index < -0.39 is 0 Å². The van der Waals surface area contributed by atoms with Crippen molar-refractivity contribution < 1.29 is 19.2 Å². The molecule has 0 spiro atoms. The molecule has 4 aliphatic carbocycles. The van der Waals surface area contributed by atoms with Crippen molar-refractivity contribution in [2.24, 2.45) is 0 Å². The van der Waals surface area contributed by atoms with Crippen LogP contribution in [-0.2, 0) is 0 Å². The summed E-state index contributed by atoms with van der Waals surface area (Å²) in [5.74, 6) is -0.127. The summed E-state index contributed by atoms with van der Waals surface area (Å²) in [6.45, 7) is 0. The third kappa shape index (κ3) is 6.21. The molecule has 0 unspecified atom stereocenters. The van der Waals surface area contributed by atoms with Crippen LogP contribution in [0.5, 0.6) is 0 Å². The fourth-order valence-electron chi connectivity index (χ4n) is 13.2. The van der Waals surface area contributed by atoms with Crippen molar-refractivity contribution in [1.29, 1.82) is 0 Å². The van der Waals surface area contributed by atoms with E-state index in [1.807, 2.05) is 194 Å². The summed E-state index contributed by atoms with van der Waals surface area (Å²) in [6.07, 6.45) is 8.06. The van der Waals surface area contributed by atoms with E-state index in [-0.39, 0.29) is 23.1 Å². The fourth-order valence-corrected chi connectivity index (χ4v) is 13.2. The van der Waals surface area contributed by atoms with Gasteiger partial charge in [0.05, 0.1) is 22.8 Å². The van der Waals surface area contributed by atoms with Crippen LogP contribution in [0.25, 0.3) is 135 Å². The van der Waals surface area contributed by atoms with Gasteiger partial charge in [0.25, 0.3) is 0 Å². The van der Waals surface area contributed by atoms with Crippen LogP contribution in [0.15, 0.2) is 194 Å². The predicted molar refractivity (Wildman–Crippen MR) is 316 cm³/mol. The van der Waals surface area contributed by atoms with Crippen LogP contribution < -0.4 is 0 Å². The second-order valence-corrected chi connectivity index (χ2v) is 21.0. The molecule has 0 fully saturated rings. The minimum absolute atomic E-state index is 0.0316. The van der Waals surface area contributed by atoms with Crippen LogP contribution in [-0.4, -0.2) is 43.1 Å². The van der Waals surface area contributed by atoms with Gasteiger partial charge in [0, 0.05) is 88.8 Å². The highest BCUT2D eigenvalue weighted by molar-refractivity contribution is 6.25. The summed E-state index contributed by atoms with van der Waals surface area (Å²) in [7, 11) is 0. The van der Waals surface area contributed by atoms with Crippen molar-refractivity contribution in [2.45, 2.75) is 0 Å². The van der Waals surface area contributed by atoms with Crippen molar-refractivity contribution >= 4 is 69.5 Å². The van der Waals surface area contributed by atoms with Gasteiger partial charge in [-0.15, -0.1) is 0 Å². The normalized spacial score (nSPS) is 13.5. The van der Waals surface area contributed by atoms with Gasteiger partial charge >= 0.3 is 0 Å². The highest BCUT2D eigenvalue weighted by atomic mass is 16.1. The number of aromatic nitrogens is 4. The van der Waals surface area contributed by atoms with Crippen molar-refractivity contribution in [3.8, 4) is 89.0 Å². The predicted octanol–water partition coefficient (Wildman–Crippen LogP) is 16.2. The molecule has 2 N–H and O–H groups in total. The second kappa shape index (κ2) is 16.3. The highest BCUT2D eigenvalue weighted by Crippen LogP contribution is 2.46. The van der Waals surface area contributed by atoms with Gasteiger partial charge in [-0.3, -0.25) is 19.2 Å². The van der Waals surface area contributed by atoms with Gasteiger partial charge < -0.3 is 9.97 Å². The van der Waals surface area contributed by atoms with Gasteiger partial charge in [0.1, 0.15) is 0 Å². The molecule has 80 heavy (non-hydrogen) atoms. The lowest BCUT2D eigenvalue weighted by atomic mass is 9.97. The average molecular weight is 1020 g/mol. The Balaban J connectivity index is 0.972. The SMILES string of the molecule is O=C1c2ccccc2-c2ccc(-c3c4nc(c(-c5ccc6c(c5)C(=O)c5ccccc5-6)c5ccc([nH]5)c(-c5ccc6c(c5)C(=O)c5ccccc5-6)c5nc(c(-c6ccc7c(c6)C(=O)c6ccccc6-7)c6ccc3[nH]6)C=C5)C=C4)cc21. The molecule has 17 rings (SSSR count). The molecule has 6 aliphatic rings. The Hall–Kier alpha value is -11.0. The molecule has 0 saturated heterocycles. The van der Waals surface area contributed by atoms with Crippen LogP contribution in [0.3, 0.4) is 0 Å². The summed E-state index contributed by atoms with van der Waals surface area (Å²) in [6, 6.07) is 63.4. The Kier molecular flexibility index (Phi) is 9.00. The lowest BCUT2D eigenvalue weighted by Gasteiger charge is -2.09. The van der Waals surface area contributed by atoms with Crippen LogP contribution in [0.4, 0.5) is 0 Å². The number of carbonyl (C=O) groups excluding carboxylic acids is 4. The maximum absolute atomic E-state index is 14.2. The number of carbonyl (C=O) groups is 4. The molecule has 5 heterocycles. The summed E-state index contributed by atoms with van der Waals surface area (Å²) in [4.78, 5) is 75.5. The van der Waals surface area contributed by atoms with Crippen LogP contribution >= 0.6 is 0 Å². The Labute approximate surface area is 456 Å². The monoisotopic (exact) mass is 1020 g/mol. The molecule has 11 aromatic rings. The van der Waals surface area contributed by atoms with E-state index in [1.54, 1.807) is 0 Å². The van der Waals surface area contributed by atoms with E-state index in [0.717, 1.165) is 111 Å². The molecule has 3 aromatic heterocycles. The van der Waals surface area contributed by atoms with Gasteiger partial charge in [-0.1, -0.05) is 146 Å². The van der Waals surface area contributed by atoms with E-state index >= 15 is 0 Å². The Morgan fingerprint density at radius 3 is 0.675 bits per heavy atom. The molecule has 0 amide bonds. The molecule has 2 aliphatic heterocycles. The summed E-state index contributed by atoms with van der Waals surface area (Å²) in [5.41, 5.74) is 24.2. The number of nitrogens with zero attached hydrogens (tertiary/aromatic N) is 2. The molecule has 0 saturated carbocycles. The van der Waals surface area contributed by atoms with Crippen molar-refractivity contribution in [2.75, 3.05) is 0 Å². The van der Waals surface area contributed by atoms with E-state index in [1.165, 1.54) is 0 Å². The molecule has 8 bridgehead atoms. The van der Waals surface area contributed by atoms with Gasteiger partial charge in [-0.2, -0.15) is 0 Å². The number of hydrogen-bond acceptors (Lipinski definition) is 6. The Morgan fingerprint density at radius 2 is 0.438 bits per heavy atom. The van der Waals surface area contributed by atoms with Gasteiger partial charge in [-0.05, 0) is 140 Å². The third-order valence-electron chi connectivity index (χ3n) is 16.8. The summed E-state index contributed by atoms with van der Waals surface area (Å²) in [5, 5.41) is 0. The number of benzene rings is 8. The molecule has 8 aromatic carbocycles. The van der Waals surface area contributed by atoms with Gasteiger partial charge in [0.15, 0.2) is 23.1 Å². The smallest absolute Gasteiger partial charge is 0.194 e. The minimum Gasteiger partial charge on any atom is -0.354 e. The lowest BCUT2D eigenvalue weighted by Crippen LogP contribution is -1.96. The fraction of sp³-hybridized carbons (Fsp3) is 0. The number of rotatable bonds is 4. The van der Waals surface area contributed by atoms with Crippen LogP contribution in [0, 0.1) is 0 Å². The third-order valence-corrected chi connectivity index (χ3v) is 16.8. The second-order valence-electron chi connectivity index (χ2n) is 21.0. The average Bonchev–Trinajstić information content (AvgIpc) is 4.47. The molecule has 8 heteroatoms. The molecule has 0 radical (unpaired) electrons. The largest absolute Gasteiger partial charge is 0.354 e. The zero-order valence-electron chi connectivity index (χ0n) is 42.3. The Morgan fingerprint density at radius 1 is 0.225 bits per heavy atom. The number of hydrogen-bond donors (Lipinski definition) is 2. The summed E-state index contributed by atoms with van der Waals surface area (Å²) < 4.78 is 0. The first-order valence-corrected chi connectivity index (χ1v) is 26.6.